The quantitative estimate of drug-likeness (QED) is 0.411. The number of carbonyl (C=O) groups excluding carboxylic acids is 1. The third-order valence-corrected chi connectivity index (χ3v) is 1.58. The summed E-state index contributed by atoms with van der Waals surface area (Å²) < 4.78 is 43.2. The molecule has 6 heteroatoms. The van der Waals surface area contributed by atoms with Gasteiger partial charge in [-0.25, -0.2) is 4.79 Å². The van der Waals surface area contributed by atoms with Gasteiger partial charge < -0.3 is 9.47 Å². The fraction of sp³-hybridized carbons (Fsp3) is 0.667. The van der Waals surface area contributed by atoms with Crippen LogP contribution in [0, 0.1) is 0 Å². The summed E-state index contributed by atoms with van der Waals surface area (Å²) in [7, 11) is 1.31. The average Bonchev–Trinajstić information content (AvgIpc) is 2.79. The summed E-state index contributed by atoms with van der Waals surface area (Å²) in [6.45, 7) is 4.86. The Morgan fingerprint density at radius 3 is 2.20 bits per heavy atom. The third-order valence-electron chi connectivity index (χ3n) is 1.58. The predicted octanol–water partition coefficient (Wildman–Crippen LogP) is 2.07. The highest BCUT2D eigenvalue weighted by Crippen LogP contribution is 2.37. The van der Waals surface area contributed by atoms with Gasteiger partial charge >= 0.3 is 12.1 Å². The Kier molecular flexibility index (Phi) is 4.80. The maximum absolute atomic E-state index is 11.5. The van der Waals surface area contributed by atoms with Crippen molar-refractivity contribution in [2.45, 2.75) is 25.1 Å². The van der Waals surface area contributed by atoms with Gasteiger partial charge in [0.15, 0.2) is 0 Å². The third kappa shape index (κ3) is 7.99. The van der Waals surface area contributed by atoms with E-state index in [4.69, 9.17) is 0 Å². The van der Waals surface area contributed by atoms with Crippen molar-refractivity contribution in [2.24, 2.45) is 0 Å². The normalized spacial score (nSPS) is 23.5. The van der Waals surface area contributed by atoms with Crippen LogP contribution in [0.2, 0.25) is 0 Å². The van der Waals surface area contributed by atoms with Crippen molar-refractivity contribution in [3.05, 3.63) is 12.7 Å². The smallest absolute Gasteiger partial charge is 0.391 e. The zero-order chi connectivity index (χ0) is 12.1. The lowest BCUT2D eigenvalue weighted by molar-refractivity contribution is -0.145. The summed E-state index contributed by atoms with van der Waals surface area (Å²) in [4.78, 5) is 9.84. The number of methoxy groups -OCH3 is 1. The van der Waals surface area contributed by atoms with Gasteiger partial charge in [-0.15, -0.1) is 0 Å². The number of alkyl halides is 3. The monoisotopic (exact) mass is 226 g/mol. The first-order valence-electron chi connectivity index (χ1n) is 4.13. The molecule has 1 unspecified atom stereocenters. The van der Waals surface area contributed by atoms with E-state index in [0.717, 1.165) is 6.08 Å². The first-order chi connectivity index (χ1) is 6.72. The molecule has 0 radical (unpaired) electrons. The molecule has 1 rings (SSSR count). The zero-order valence-electron chi connectivity index (χ0n) is 8.56. The van der Waals surface area contributed by atoms with Crippen LogP contribution in [0.3, 0.4) is 0 Å². The molecule has 3 nitrogen and oxygen atoms in total. The van der Waals surface area contributed by atoms with E-state index in [1.165, 1.54) is 14.0 Å². The highest BCUT2D eigenvalue weighted by molar-refractivity contribution is 5.80. The van der Waals surface area contributed by atoms with Crippen LogP contribution in [-0.2, 0) is 14.3 Å². The van der Waals surface area contributed by atoms with Gasteiger partial charge in [0.1, 0.15) is 0 Å². The molecule has 1 aliphatic rings. The fourth-order valence-corrected chi connectivity index (χ4v) is 0.733. The minimum Gasteiger partial charge on any atom is -0.466 e. The molecule has 0 bridgehead atoms. The SMILES string of the molecule is C=CC(=O)OC.CC1(CC(F)(F)F)CO1. The van der Waals surface area contributed by atoms with Crippen molar-refractivity contribution in [3.63, 3.8) is 0 Å². The van der Waals surface area contributed by atoms with Gasteiger partial charge in [-0.2, -0.15) is 13.2 Å². The van der Waals surface area contributed by atoms with Crippen molar-refractivity contribution in [3.8, 4) is 0 Å². The molecule has 1 fully saturated rings. The van der Waals surface area contributed by atoms with Crippen LogP contribution in [0.25, 0.3) is 0 Å². The highest BCUT2D eigenvalue weighted by Gasteiger charge is 2.48. The second-order valence-corrected chi connectivity index (χ2v) is 3.26. The van der Waals surface area contributed by atoms with Crippen molar-refractivity contribution >= 4 is 5.97 Å². The predicted molar refractivity (Wildman–Crippen MR) is 47.2 cm³/mol. The van der Waals surface area contributed by atoms with Gasteiger partial charge in [-0.3, -0.25) is 0 Å². The number of ether oxygens (including phenoxy) is 2. The molecule has 1 saturated heterocycles. The lowest BCUT2D eigenvalue weighted by Gasteiger charge is -2.07. The number of rotatable bonds is 2. The molecule has 1 aliphatic heterocycles. The van der Waals surface area contributed by atoms with Crippen molar-refractivity contribution in [1.29, 1.82) is 0 Å². The summed E-state index contributed by atoms with van der Waals surface area (Å²) in [6.07, 6.45) is -3.79. The Labute approximate surface area is 85.9 Å². The van der Waals surface area contributed by atoms with Gasteiger partial charge in [-0.05, 0) is 6.92 Å². The molecule has 0 saturated carbocycles. The number of esters is 1. The van der Waals surface area contributed by atoms with Crippen LogP contribution in [0.4, 0.5) is 13.2 Å². The number of hydrogen-bond acceptors (Lipinski definition) is 3. The molecule has 0 spiro atoms. The van der Waals surface area contributed by atoms with Gasteiger partial charge in [0.25, 0.3) is 0 Å². The number of carbonyl (C=O) groups is 1. The largest absolute Gasteiger partial charge is 0.466 e. The van der Waals surface area contributed by atoms with E-state index in [0.29, 0.717) is 0 Å². The highest BCUT2D eigenvalue weighted by atomic mass is 19.4. The van der Waals surface area contributed by atoms with Gasteiger partial charge in [0, 0.05) is 6.08 Å². The molecule has 0 aromatic heterocycles. The van der Waals surface area contributed by atoms with E-state index < -0.39 is 24.2 Å². The summed E-state index contributed by atoms with van der Waals surface area (Å²) in [5, 5.41) is 0. The summed E-state index contributed by atoms with van der Waals surface area (Å²) >= 11 is 0. The van der Waals surface area contributed by atoms with Crippen LogP contribution in [0.5, 0.6) is 0 Å². The van der Waals surface area contributed by atoms with Crippen molar-refractivity contribution in [1.82, 2.24) is 0 Å². The second kappa shape index (κ2) is 5.16. The minimum absolute atomic E-state index is 0.243. The zero-order valence-corrected chi connectivity index (χ0v) is 8.56. The van der Waals surface area contributed by atoms with Crippen LogP contribution in [-0.4, -0.2) is 31.5 Å². The van der Waals surface area contributed by atoms with Gasteiger partial charge in [0.05, 0.1) is 25.7 Å². The topological polar surface area (TPSA) is 38.8 Å². The van der Waals surface area contributed by atoms with Crippen LogP contribution in [0.15, 0.2) is 12.7 Å². The number of epoxide rings is 1. The fourth-order valence-electron chi connectivity index (χ4n) is 0.733. The lowest BCUT2D eigenvalue weighted by atomic mass is 10.1. The average molecular weight is 226 g/mol. The van der Waals surface area contributed by atoms with E-state index >= 15 is 0 Å². The van der Waals surface area contributed by atoms with Crippen molar-refractivity contribution in [2.75, 3.05) is 13.7 Å². The summed E-state index contributed by atoms with van der Waals surface area (Å²) in [6, 6.07) is 0. The van der Waals surface area contributed by atoms with E-state index in [1.54, 1.807) is 0 Å². The Hall–Kier alpha value is -1.04. The first kappa shape index (κ1) is 14.0. The molecular formula is C9H13F3O3. The molecule has 0 aliphatic carbocycles. The molecule has 0 N–H and O–H groups in total. The number of hydrogen-bond donors (Lipinski definition) is 0. The first-order valence-corrected chi connectivity index (χ1v) is 4.13. The standard InChI is InChI=1S/C5H7F3O.C4H6O2/c1-4(3-9-4)2-5(6,7)8;1-3-4(5)6-2/h2-3H2,1H3;3H,1H2,2H3. The van der Waals surface area contributed by atoms with E-state index in [2.05, 4.69) is 16.1 Å². The van der Waals surface area contributed by atoms with Crippen LogP contribution >= 0.6 is 0 Å². The molecule has 1 heterocycles. The van der Waals surface area contributed by atoms with Crippen LogP contribution < -0.4 is 0 Å². The minimum atomic E-state index is -4.08. The maximum atomic E-state index is 11.5. The summed E-state index contributed by atoms with van der Waals surface area (Å²) in [5.41, 5.74) is -0.891. The lowest BCUT2D eigenvalue weighted by Crippen LogP contribution is -2.18. The van der Waals surface area contributed by atoms with E-state index in [1.807, 2.05) is 0 Å². The second-order valence-electron chi connectivity index (χ2n) is 3.26. The molecule has 1 atom stereocenters. The molecule has 0 aromatic carbocycles. The Balaban J connectivity index is 0.000000288. The Bertz CT molecular complexity index is 228. The molecule has 0 aromatic rings. The van der Waals surface area contributed by atoms with Gasteiger partial charge in [0.2, 0.25) is 0 Å². The summed E-state index contributed by atoms with van der Waals surface area (Å²) in [5.74, 6) is -0.394. The molecule has 88 valence electrons. The van der Waals surface area contributed by atoms with Gasteiger partial charge in [-0.1, -0.05) is 6.58 Å². The van der Waals surface area contributed by atoms with E-state index in [9.17, 15) is 18.0 Å². The van der Waals surface area contributed by atoms with E-state index in [-0.39, 0.29) is 6.61 Å². The van der Waals surface area contributed by atoms with Crippen molar-refractivity contribution < 1.29 is 27.4 Å². The Morgan fingerprint density at radius 2 is 2.13 bits per heavy atom. The number of halogens is 3. The maximum Gasteiger partial charge on any atom is 0.391 e. The Morgan fingerprint density at radius 1 is 1.67 bits per heavy atom. The molecular weight excluding hydrogens is 213 g/mol. The molecule has 15 heavy (non-hydrogen) atoms. The van der Waals surface area contributed by atoms with Crippen LogP contribution in [0.1, 0.15) is 13.3 Å². The molecule has 0 amide bonds.